The van der Waals surface area contributed by atoms with Crippen LogP contribution < -0.4 is 10.6 Å². The molecule has 2 aromatic rings. The van der Waals surface area contributed by atoms with Gasteiger partial charge >= 0.3 is 5.97 Å². The Bertz CT molecular complexity index is 736. The van der Waals surface area contributed by atoms with Gasteiger partial charge in [-0.3, -0.25) is 9.79 Å². The van der Waals surface area contributed by atoms with E-state index in [2.05, 4.69) is 51.9 Å². The van der Waals surface area contributed by atoms with E-state index in [4.69, 9.17) is 4.74 Å². The first-order valence-electron chi connectivity index (χ1n) is 8.71. The van der Waals surface area contributed by atoms with Crippen molar-refractivity contribution in [2.45, 2.75) is 27.2 Å². The molecule has 1 unspecified atom stereocenters. The van der Waals surface area contributed by atoms with Crippen LogP contribution in [0.1, 0.15) is 25.0 Å². The van der Waals surface area contributed by atoms with Gasteiger partial charge in [-0.25, -0.2) is 0 Å². The molecule has 0 spiro atoms. The highest BCUT2D eigenvalue weighted by molar-refractivity contribution is 5.84. The maximum Gasteiger partial charge on any atom is 0.310 e. The van der Waals surface area contributed by atoms with Crippen LogP contribution >= 0.6 is 0 Å². The minimum absolute atomic E-state index is 0.242. The molecule has 0 aliphatic carbocycles. The van der Waals surface area contributed by atoms with Crippen molar-refractivity contribution in [3.8, 4) is 0 Å². The number of hydrogen-bond acceptors (Lipinski definition) is 3. The van der Waals surface area contributed by atoms with Crippen LogP contribution in [0.15, 0.2) is 29.4 Å². The van der Waals surface area contributed by atoms with Crippen LogP contribution in [0.5, 0.6) is 0 Å². The summed E-state index contributed by atoms with van der Waals surface area (Å²) in [6.45, 7) is 7.85. The molecule has 1 atom stereocenters. The zero-order valence-corrected chi connectivity index (χ0v) is 15.5. The van der Waals surface area contributed by atoms with Crippen molar-refractivity contribution >= 4 is 22.8 Å². The number of carbonyl (C=O) groups is 1. The summed E-state index contributed by atoms with van der Waals surface area (Å²) in [7, 11) is 1.40. The highest BCUT2D eigenvalue weighted by atomic mass is 16.5. The maximum atomic E-state index is 11.5. The molecule has 0 saturated carbocycles. The first-order valence-corrected chi connectivity index (χ1v) is 8.71. The first kappa shape index (κ1) is 18.8. The molecule has 3 N–H and O–H groups in total. The van der Waals surface area contributed by atoms with Gasteiger partial charge in [0, 0.05) is 30.2 Å². The molecular weight excluding hydrogens is 316 g/mol. The number of benzene rings is 1. The normalized spacial score (nSPS) is 12.9. The van der Waals surface area contributed by atoms with Crippen molar-refractivity contribution in [3.63, 3.8) is 0 Å². The molecule has 0 aliphatic heterocycles. The van der Waals surface area contributed by atoms with Crippen molar-refractivity contribution in [3.05, 3.63) is 35.5 Å². The van der Waals surface area contributed by atoms with Crippen LogP contribution in [0.3, 0.4) is 0 Å². The number of nitrogens with one attached hydrogen (secondary N) is 3. The number of rotatable bonds is 7. The average Bonchev–Trinajstić information content (AvgIpc) is 3.00. The Balaban J connectivity index is 1.93. The second-order valence-electron chi connectivity index (χ2n) is 6.18. The van der Waals surface area contributed by atoms with Gasteiger partial charge in [-0.15, -0.1) is 0 Å². The van der Waals surface area contributed by atoms with E-state index in [0.717, 1.165) is 19.5 Å². The minimum atomic E-state index is -0.252. The number of aromatic amines is 1. The monoisotopic (exact) mass is 344 g/mol. The summed E-state index contributed by atoms with van der Waals surface area (Å²) in [6.07, 6.45) is 2.95. The highest BCUT2D eigenvalue weighted by Crippen LogP contribution is 2.19. The van der Waals surface area contributed by atoms with Crippen LogP contribution in [-0.2, 0) is 16.0 Å². The number of aryl methyl sites for hydroxylation is 1. The number of aliphatic imine (C=N–C) groups is 1. The second kappa shape index (κ2) is 9.11. The third-order valence-corrected chi connectivity index (χ3v) is 4.08. The fourth-order valence-electron chi connectivity index (χ4n) is 2.67. The summed E-state index contributed by atoms with van der Waals surface area (Å²) >= 11 is 0. The van der Waals surface area contributed by atoms with Crippen molar-refractivity contribution in [2.24, 2.45) is 10.9 Å². The Morgan fingerprint density at radius 2 is 2.16 bits per heavy atom. The summed E-state index contributed by atoms with van der Waals surface area (Å²) in [5.41, 5.74) is 3.70. The molecule has 1 aromatic heterocycles. The van der Waals surface area contributed by atoms with Gasteiger partial charge in [-0.2, -0.15) is 0 Å². The van der Waals surface area contributed by atoms with Gasteiger partial charge in [0.2, 0.25) is 0 Å². The number of H-pyrrole nitrogens is 1. The lowest BCUT2D eigenvalue weighted by Gasteiger charge is -2.12. The highest BCUT2D eigenvalue weighted by Gasteiger charge is 2.12. The van der Waals surface area contributed by atoms with E-state index in [-0.39, 0.29) is 11.9 Å². The van der Waals surface area contributed by atoms with Gasteiger partial charge in [0.1, 0.15) is 0 Å². The van der Waals surface area contributed by atoms with E-state index >= 15 is 0 Å². The van der Waals surface area contributed by atoms with E-state index in [0.29, 0.717) is 12.5 Å². The SMILES string of the molecule is CCNC(=NCC(C)C(=O)OC)NCCc1c[nH]c2cc(C)ccc12. The van der Waals surface area contributed by atoms with E-state index in [1.807, 2.05) is 13.8 Å². The summed E-state index contributed by atoms with van der Waals surface area (Å²) in [4.78, 5) is 19.3. The molecule has 0 fully saturated rings. The van der Waals surface area contributed by atoms with Crippen molar-refractivity contribution in [1.82, 2.24) is 15.6 Å². The van der Waals surface area contributed by atoms with Gasteiger partial charge in [-0.1, -0.05) is 19.1 Å². The summed E-state index contributed by atoms with van der Waals surface area (Å²) in [5.74, 6) is 0.222. The van der Waals surface area contributed by atoms with Crippen LogP contribution in [0.25, 0.3) is 10.9 Å². The summed E-state index contributed by atoms with van der Waals surface area (Å²) < 4.78 is 4.73. The predicted octanol–water partition coefficient (Wildman–Crippen LogP) is 2.38. The number of nitrogens with zero attached hydrogens (tertiary/aromatic N) is 1. The molecule has 6 heteroatoms. The number of carbonyl (C=O) groups excluding carboxylic acids is 1. The lowest BCUT2D eigenvalue weighted by molar-refractivity contribution is -0.144. The molecule has 136 valence electrons. The Morgan fingerprint density at radius 3 is 2.88 bits per heavy atom. The lowest BCUT2D eigenvalue weighted by atomic mass is 10.1. The van der Waals surface area contributed by atoms with Gasteiger partial charge in [0.05, 0.1) is 19.6 Å². The lowest BCUT2D eigenvalue weighted by Crippen LogP contribution is -2.38. The van der Waals surface area contributed by atoms with E-state index in [9.17, 15) is 4.79 Å². The standard InChI is InChI=1S/C19H28N4O2/c1-5-20-19(23-11-14(3)18(24)25-4)21-9-8-15-12-22-17-10-13(2)6-7-16(15)17/h6-7,10,12,14,22H,5,8-9,11H2,1-4H3,(H2,20,21,23). The van der Waals surface area contributed by atoms with Crippen molar-refractivity contribution < 1.29 is 9.53 Å². The zero-order chi connectivity index (χ0) is 18.2. The third-order valence-electron chi connectivity index (χ3n) is 4.08. The summed E-state index contributed by atoms with van der Waals surface area (Å²) in [6, 6.07) is 6.45. The molecular formula is C19H28N4O2. The number of guanidine groups is 1. The number of ether oxygens (including phenoxy) is 1. The molecule has 25 heavy (non-hydrogen) atoms. The Kier molecular flexibility index (Phi) is 6.86. The third kappa shape index (κ3) is 5.24. The molecule has 0 aliphatic rings. The smallest absolute Gasteiger partial charge is 0.310 e. The maximum absolute atomic E-state index is 11.5. The van der Waals surface area contributed by atoms with E-state index in [1.54, 1.807) is 0 Å². The summed E-state index contributed by atoms with van der Waals surface area (Å²) in [5, 5.41) is 7.78. The van der Waals surface area contributed by atoms with Crippen molar-refractivity contribution in [2.75, 3.05) is 26.7 Å². The number of hydrogen-bond donors (Lipinski definition) is 3. The van der Waals surface area contributed by atoms with Gasteiger partial charge in [0.25, 0.3) is 0 Å². The average molecular weight is 344 g/mol. The number of methoxy groups -OCH3 is 1. The zero-order valence-electron chi connectivity index (χ0n) is 15.5. The molecule has 0 saturated heterocycles. The Morgan fingerprint density at radius 1 is 1.36 bits per heavy atom. The Hall–Kier alpha value is -2.50. The fourth-order valence-corrected chi connectivity index (χ4v) is 2.67. The van der Waals surface area contributed by atoms with Crippen molar-refractivity contribution in [1.29, 1.82) is 0 Å². The molecule has 2 rings (SSSR count). The molecule has 1 aromatic carbocycles. The number of esters is 1. The fraction of sp³-hybridized carbons (Fsp3) is 0.474. The van der Waals surface area contributed by atoms with Gasteiger partial charge in [-0.05, 0) is 37.5 Å². The molecule has 0 bridgehead atoms. The molecule has 0 radical (unpaired) electrons. The van der Waals surface area contributed by atoms with Gasteiger partial charge in [0.15, 0.2) is 5.96 Å². The van der Waals surface area contributed by atoms with Gasteiger partial charge < -0.3 is 20.4 Å². The van der Waals surface area contributed by atoms with Crippen LogP contribution in [0.2, 0.25) is 0 Å². The van der Waals surface area contributed by atoms with E-state index < -0.39 is 0 Å². The van der Waals surface area contributed by atoms with Crippen LogP contribution in [-0.4, -0.2) is 43.7 Å². The molecule has 6 nitrogen and oxygen atoms in total. The quantitative estimate of drug-likeness (QED) is 0.409. The molecule has 1 heterocycles. The topological polar surface area (TPSA) is 78.5 Å². The van der Waals surface area contributed by atoms with Crippen LogP contribution in [0, 0.1) is 12.8 Å². The minimum Gasteiger partial charge on any atom is -0.469 e. The predicted molar refractivity (Wildman–Crippen MR) is 102 cm³/mol. The first-order chi connectivity index (χ1) is 12.0. The molecule has 0 amide bonds. The Labute approximate surface area is 149 Å². The van der Waals surface area contributed by atoms with Crippen LogP contribution in [0.4, 0.5) is 0 Å². The largest absolute Gasteiger partial charge is 0.469 e. The number of fused-ring (bicyclic) bond motifs is 1. The number of aromatic nitrogens is 1. The second-order valence-corrected chi connectivity index (χ2v) is 6.18. The van der Waals surface area contributed by atoms with E-state index in [1.165, 1.54) is 29.1 Å².